The number of hydrogen-bond donors (Lipinski definition) is 0. The van der Waals surface area contributed by atoms with Gasteiger partial charge in [-0.15, -0.1) is 0 Å². The predicted molar refractivity (Wildman–Crippen MR) is 92.7 cm³/mol. The van der Waals surface area contributed by atoms with Crippen LogP contribution in [-0.2, 0) is 26.0 Å². The van der Waals surface area contributed by atoms with Crippen molar-refractivity contribution >= 4 is 12.1 Å². The van der Waals surface area contributed by atoms with Gasteiger partial charge < -0.3 is 4.74 Å². The maximum atomic E-state index is 11.8. The molecule has 0 amide bonds. The second kappa shape index (κ2) is 13.2. The van der Waals surface area contributed by atoms with E-state index in [0.29, 0.717) is 5.56 Å². The Bertz CT molecular complexity index is 497. The second-order valence-corrected chi connectivity index (χ2v) is 5.84. The summed E-state index contributed by atoms with van der Waals surface area (Å²) in [5, 5.41) is 4.18. The van der Waals surface area contributed by atoms with Gasteiger partial charge in [0.1, 0.15) is 0 Å². The van der Waals surface area contributed by atoms with E-state index in [1.807, 2.05) is 12.1 Å². The molecule has 0 aromatic heterocycles. The number of carbonyl (C=O) groups excluding carboxylic acids is 2. The molecule has 25 heavy (non-hydrogen) atoms. The molecule has 0 N–H and O–H groups in total. The zero-order valence-corrected chi connectivity index (χ0v) is 15.1. The van der Waals surface area contributed by atoms with Crippen molar-refractivity contribution in [2.75, 3.05) is 6.61 Å². The molecular formula is C19H28O6. The van der Waals surface area contributed by atoms with E-state index in [-0.39, 0.29) is 6.61 Å². The van der Waals surface area contributed by atoms with E-state index in [0.717, 1.165) is 44.1 Å². The third-order valence-corrected chi connectivity index (χ3v) is 3.69. The van der Waals surface area contributed by atoms with Crippen molar-refractivity contribution in [2.45, 2.75) is 65.2 Å². The van der Waals surface area contributed by atoms with Gasteiger partial charge in [-0.05, 0) is 37.0 Å². The maximum Gasteiger partial charge on any atom is 0.543 e. The van der Waals surface area contributed by atoms with Gasteiger partial charge in [0.05, 0.1) is 17.2 Å². The number of aryl methyl sites for hydroxylation is 1. The molecule has 0 aliphatic carbocycles. The van der Waals surface area contributed by atoms with Crippen molar-refractivity contribution in [1.29, 1.82) is 0 Å². The highest BCUT2D eigenvalue weighted by Crippen LogP contribution is 2.10. The number of carbonyl (C=O) groups is 2. The lowest BCUT2D eigenvalue weighted by Gasteiger charge is -2.05. The van der Waals surface area contributed by atoms with Crippen LogP contribution in [0.25, 0.3) is 0 Å². The molecule has 0 aliphatic rings. The van der Waals surface area contributed by atoms with E-state index in [2.05, 4.69) is 28.7 Å². The van der Waals surface area contributed by atoms with Gasteiger partial charge in [0.2, 0.25) is 0 Å². The summed E-state index contributed by atoms with van der Waals surface area (Å²) < 4.78 is 4.76. The lowest BCUT2D eigenvalue weighted by atomic mass is 10.1. The molecule has 0 unspecified atom stereocenters. The van der Waals surface area contributed by atoms with E-state index in [4.69, 9.17) is 4.74 Å². The van der Waals surface area contributed by atoms with Crippen LogP contribution in [-0.4, -0.2) is 18.7 Å². The fourth-order valence-electron chi connectivity index (χ4n) is 2.22. The van der Waals surface area contributed by atoms with Crippen LogP contribution < -0.4 is 0 Å². The topological polar surface area (TPSA) is 71.1 Å². The Morgan fingerprint density at radius 2 is 1.52 bits per heavy atom. The van der Waals surface area contributed by atoms with Gasteiger partial charge in [-0.25, -0.2) is 14.5 Å². The molecule has 0 heterocycles. The molecule has 6 nitrogen and oxygen atoms in total. The molecule has 1 aromatic carbocycles. The minimum atomic E-state index is -1.03. The van der Waals surface area contributed by atoms with Crippen LogP contribution >= 0.6 is 0 Å². The maximum absolute atomic E-state index is 11.8. The highest BCUT2D eigenvalue weighted by Gasteiger charge is 2.12. The fraction of sp³-hybridized carbons (Fsp3) is 0.579. The highest BCUT2D eigenvalue weighted by atomic mass is 17.5. The molecule has 1 aromatic rings. The van der Waals surface area contributed by atoms with Gasteiger partial charge in [-0.3, -0.25) is 4.89 Å². The summed E-state index contributed by atoms with van der Waals surface area (Å²) in [6.07, 6.45) is 7.35. The highest BCUT2D eigenvalue weighted by molar-refractivity contribution is 5.88. The van der Waals surface area contributed by atoms with Crippen molar-refractivity contribution in [3.8, 4) is 0 Å². The van der Waals surface area contributed by atoms with Gasteiger partial charge >= 0.3 is 12.1 Å². The van der Waals surface area contributed by atoms with Crippen LogP contribution in [0, 0.1) is 0 Å². The van der Waals surface area contributed by atoms with Crippen LogP contribution in [0.1, 0.15) is 74.7 Å². The Kier molecular flexibility index (Phi) is 11.1. The summed E-state index contributed by atoms with van der Waals surface area (Å²) in [6, 6.07) is 7.05. The zero-order valence-electron chi connectivity index (χ0n) is 15.1. The van der Waals surface area contributed by atoms with Crippen LogP contribution in [0.4, 0.5) is 4.79 Å². The first-order valence-corrected chi connectivity index (χ1v) is 8.98. The van der Waals surface area contributed by atoms with Gasteiger partial charge in [-0.2, -0.15) is 0 Å². The predicted octanol–water partition coefficient (Wildman–Crippen LogP) is 5.16. The second-order valence-electron chi connectivity index (χ2n) is 5.84. The number of ether oxygens (including phenoxy) is 1. The summed E-state index contributed by atoms with van der Waals surface area (Å²) in [5.74, 6) is -0.740. The minimum absolute atomic E-state index is 0.246. The Labute approximate surface area is 149 Å². The minimum Gasteiger partial charge on any atom is -0.432 e. The Morgan fingerprint density at radius 3 is 2.20 bits per heavy atom. The normalized spacial score (nSPS) is 10.3. The molecule has 0 spiro atoms. The van der Waals surface area contributed by atoms with Crippen molar-refractivity contribution in [3.05, 3.63) is 35.4 Å². The first-order valence-electron chi connectivity index (χ1n) is 8.98. The third kappa shape index (κ3) is 9.72. The monoisotopic (exact) mass is 352 g/mol. The number of unbranched alkanes of at least 4 members (excludes halogenated alkanes) is 5. The molecule has 0 saturated heterocycles. The van der Waals surface area contributed by atoms with Crippen LogP contribution in [0.3, 0.4) is 0 Å². The number of benzene rings is 1. The molecular weight excluding hydrogens is 324 g/mol. The van der Waals surface area contributed by atoms with Crippen LogP contribution in [0.5, 0.6) is 0 Å². The molecule has 0 atom stereocenters. The first kappa shape index (κ1) is 21.0. The summed E-state index contributed by atoms with van der Waals surface area (Å²) >= 11 is 0. The Morgan fingerprint density at radius 1 is 0.840 bits per heavy atom. The van der Waals surface area contributed by atoms with Crippen molar-refractivity contribution in [3.63, 3.8) is 0 Å². The summed E-state index contributed by atoms with van der Waals surface area (Å²) in [7, 11) is 0. The SMILES string of the molecule is CCCCCCOC(=O)OOOC(=O)c1ccc(CCCCC)cc1. The molecule has 6 heteroatoms. The molecule has 0 fully saturated rings. The largest absolute Gasteiger partial charge is 0.543 e. The number of rotatable bonds is 12. The van der Waals surface area contributed by atoms with Crippen LogP contribution in [0.15, 0.2) is 24.3 Å². The van der Waals surface area contributed by atoms with Gasteiger partial charge in [0, 0.05) is 0 Å². The molecule has 0 saturated carbocycles. The van der Waals surface area contributed by atoms with E-state index < -0.39 is 12.1 Å². The number of hydrogen-bond acceptors (Lipinski definition) is 6. The fourth-order valence-corrected chi connectivity index (χ4v) is 2.22. The summed E-state index contributed by atoms with van der Waals surface area (Å²) in [4.78, 5) is 31.6. The van der Waals surface area contributed by atoms with E-state index in [9.17, 15) is 9.59 Å². The van der Waals surface area contributed by atoms with E-state index in [1.165, 1.54) is 12.8 Å². The smallest absolute Gasteiger partial charge is 0.432 e. The van der Waals surface area contributed by atoms with Crippen molar-refractivity contribution in [1.82, 2.24) is 0 Å². The summed E-state index contributed by atoms with van der Waals surface area (Å²) in [5.41, 5.74) is 1.48. The quantitative estimate of drug-likeness (QED) is 0.224. The van der Waals surface area contributed by atoms with E-state index in [1.54, 1.807) is 12.1 Å². The lowest BCUT2D eigenvalue weighted by Crippen LogP contribution is -2.12. The average molecular weight is 352 g/mol. The van der Waals surface area contributed by atoms with Crippen molar-refractivity contribution < 1.29 is 29.1 Å². The molecule has 0 bridgehead atoms. The Balaban J connectivity index is 2.19. The zero-order chi connectivity index (χ0) is 18.3. The first-order chi connectivity index (χ1) is 12.2. The molecule has 0 radical (unpaired) electrons. The van der Waals surface area contributed by atoms with Gasteiger partial charge in [-0.1, -0.05) is 58.1 Å². The van der Waals surface area contributed by atoms with Crippen LogP contribution in [0.2, 0.25) is 0 Å². The Hall–Kier alpha value is -2.08. The average Bonchev–Trinajstić information content (AvgIpc) is 2.62. The van der Waals surface area contributed by atoms with E-state index >= 15 is 0 Å². The van der Waals surface area contributed by atoms with Crippen molar-refractivity contribution in [2.24, 2.45) is 0 Å². The van der Waals surface area contributed by atoms with Gasteiger partial charge in [0.15, 0.2) is 0 Å². The molecule has 0 aliphatic heterocycles. The lowest BCUT2D eigenvalue weighted by molar-refractivity contribution is -0.452. The van der Waals surface area contributed by atoms with Gasteiger partial charge in [0.25, 0.3) is 0 Å². The molecule has 1 rings (SSSR count). The third-order valence-electron chi connectivity index (χ3n) is 3.69. The molecule has 140 valence electrons. The summed E-state index contributed by atoms with van der Waals surface area (Å²) in [6.45, 7) is 4.50. The standard InChI is InChI=1S/C19H28O6/c1-3-5-7-9-15-22-19(21)24-25-23-18(20)17-13-11-16(12-14-17)10-8-6-4-2/h11-14H,3-10,15H2,1-2H3.